The largest absolute Gasteiger partial charge is 0.493 e. The smallest absolute Gasteiger partial charge is 0.297 e. The lowest BCUT2D eigenvalue weighted by Crippen LogP contribution is -2.29. The number of ether oxygens (including phenoxy) is 2. The molecule has 3 heterocycles. The van der Waals surface area contributed by atoms with E-state index in [1.165, 1.54) is 16.2 Å². The Hall–Kier alpha value is -3.43. The van der Waals surface area contributed by atoms with Crippen LogP contribution in [0.3, 0.4) is 0 Å². The minimum absolute atomic E-state index is 0.0145. The van der Waals surface area contributed by atoms with Crippen molar-refractivity contribution in [3.63, 3.8) is 0 Å². The highest BCUT2D eigenvalue weighted by Gasteiger charge is 2.45. The zero-order valence-corrected chi connectivity index (χ0v) is 22.3. The Morgan fingerprint density at radius 2 is 1.92 bits per heavy atom. The van der Waals surface area contributed by atoms with Crippen LogP contribution in [0.1, 0.15) is 65.8 Å². The summed E-state index contributed by atoms with van der Waals surface area (Å²) >= 11 is 7.51. The molecule has 5 rings (SSSR count). The van der Waals surface area contributed by atoms with Gasteiger partial charge in [-0.25, -0.2) is 0 Å². The number of amides is 1. The van der Waals surface area contributed by atoms with Crippen molar-refractivity contribution in [3.05, 3.63) is 73.5 Å². The van der Waals surface area contributed by atoms with Crippen molar-refractivity contribution in [2.45, 2.75) is 45.6 Å². The van der Waals surface area contributed by atoms with Crippen molar-refractivity contribution in [1.29, 1.82) is 0 Å². The number of rotatable bonds is 9. The molecule has 37 heavy (non-hydrogen) atoms. The van der Waals surface area contributed by atoms with Gasteiger partial charge in [-0.1, -0.05) is 49.3 Å². The van der Waals surface area contributed by atoms with Gasteiger partial charge in [0.1, 0.15) is 10.6 Å². The van der Waals surface area contributed by atoms with Gasteiger partial charge in [-0.2, -0.15) is 0 Å². The fourth-order valence-electron chi connectivity index (χ4n) is 4.41. The number of benzene rings is 2. The minimum Gasteiger partial charge on any atom is -0.493 e. The monoisotopic (exact) mass is 539 g/mol. The highest BCUT2D eigenvalue weighted by molar-refractivity contribution is 7.15. The van der Waals surface area contributed by atoms with E-state index in [1.807, 2.05) is 6.07 Å². The summed E-state index contributed by atoms with van der Waals surface area (Å²) in [5, 5.41) is 10.5. The van der Waals surface area contributed by atoms with Crippen LogP contribution in [0.15, 0.2) is 45.6 Å². The molecule has 0 saturated heterocycles. The Balaban J connectivity index is 1.69. The number of fused-ring (bicyclic) bond motifs is 2. The molecule has 192 valence electrons. The van der Waals surface area contributed by atoms with Crippen LogP contribution >= 0.6 is 22.9 Å². The first-order valence-electron chi connectivity index (χ1n) is 12.2. The molecule has 2 aromatic heterocycles. The van der Waals surface area contributed by atoms with Crippen molar-refractivity contribution in [3.8, 4) is 11.5 Å². The molecule has 0 radical (unpaired) electrons. The molecule has 0 N–H and O–H groups in total. The summed E-state index contributed by atoms with van der Waals surface area (Å²) in [5.41, 5.74) is 0.866. The topological polar surface area (TPSA) is 94.8 Å². The molecule has 8 nitrogen and oxygen atoms in total. The van der Waals surface area contributed by atoms with E-state index in [-0.39, 0.29) is 16.8 Å². The van der Waals surface area contributed by atoms with Crippen molar-refractivity contribution >= 4 is 44.9 Å². The number of carbonyl (C=O) groups excluding carboxylic acids is 1. The summed E-state index contributed by atoms with van der Waals surface area (Å²) < 4.78 is 17.5. The second-order valence-electron chi connectivity index (χ2n) is 8.73. The Bertz CT molecular complexity index is 1530. The van der Waals surface area contributed by atoms with E-state index >= 15 is 0 Å². The van der Waals surface area contributed by atoms with Gasteiger partial charge in [0.25, 0.3) is 5.91 Å². The maximum atomic E-state index is 13.8. The van der Waals surface area contributed by atoms with Crippen molar-refractivity contribution in [2.24, 2.45) is 0 Å². The Morgan fingerprint density at radius 3 is 2.68 bits per heavy atom. The second-order valence-corrected chi connectivity index (χ2v) is 10.2. The Morgan fingerprint density at radius 1 is 1.08 bits per heavy atom. The first-order valence-corrected chi connectivity index (χ1v) is 13.4. The fraction of sp³-hybridized carbons (Fsp3) is 0.333. The van der Waals surface area contributed by atoms with Crippen molar-refractivity contribution < 1.29 is 18.7 Å². The summed E-state index contributed by atoms with van der Waals surface area (Å²) in [6, 6.07) is 9.41. The van der Waals surface area contributed by atoms with Crippen LogP contribution in [0.5, 0.6) is 11.5 Å². The molecule has 0 aliphatic carbocycles. The number of halogens is 1. The molecule has 1 aliphatic heterocycles. The highest BCUT2D eigenvalue weighted by atomic mass is 35.5. The highest BCUT2D eigenvalue weighted by Crippen LogP contribution is 2.44. The van der Waals surface area contributed by atoms with Gasteiger partial charge in [-0.3, -0.25) is 14.5 Å². The molecule has 1 atom stereocenters. The van der Waals surface area contributed by atoms with Crippen LogP contribution in [0.2, 0.25) is 5.02 Å². The van der Waals surface area contributed by atoms with Crippen LogP contribution in [0, 0.1) is 0 Å². The predicted molar refractivity (Wildman–Crippen MR) is 143 cm³/mol. The van der Waals surface area contributed by atoms with Crippen LogP contribution in [-0.4, -0.2) is 29.8 Å². The predicted octanol–water partition coefficient (Wildman–Crippen LogP) is 6.19. The molecule has 1 unspecified atom stereocenters. The van der Waals surface area contributed by atoms with E-state index in [4.69, 9.17) is 25.5 Å². The van der Waals surface area contributed by atoms with Crippen LogP contribution in [0.25, 0.3) is 11.0 Å². The van der Waals surface area contributed by atoms with Gasteiger partial charge in [-0.05, 0) is 48.7 Å². The van der Waals surface area contributed by atoms with Crippen molar-refractivity contribution in [2.75, 3.05) is 18.6 Å². The molecule has 0 spiro atoms. The van der Waals surface area contributed by atoms with E-state index in [0.29, 0.717) is 44.8 Å². The number of carbonyl (C=O) groups is 1. The average molecular weight is 540 g/mol. The second kappa shape index (κ2) is 10.5. The zero-order valence-electron chi connectivity index (χ0n) is 20.7. The fourth-order valence-corrected chi connectivity index (χ4v) is 5.55. The van der Waals surface area contributed by atoms with Gasteiger partial charge in [0.2, 0.25) is 10.9 Å². The quantitative estimate of drug-likeness (QED) is 0.234. The lowest BCUT2D eigenvalue weighted by Gasteiger charge is -2.23. The summed E-state index contributed by atoms with van der Waals surface area (Å²) in [4.78, 5) is 29.0. The molecule has 4 aromatic rings. The molecule has 10 heteroatoms. The van der Waals surface area contributed by atoms with Crippen LogP contribution in [0.4, 0.5) is 5.13 Å². The van der Waals surface area contributed by atoms with E-state index in [1.54, 1.807) is 37.4 Å². The number of hydrogen-bond acceptors (Lipinski definition) is 8. The third kappa shape index (κ3) is 4.57. The normalized spacial score (nSPS) is 14.9. The number of aromatic nitrogens is 2. The number of methoxy groups -OCH3 is 1. The Labute approximate surface area is 222 Å². The number of anilines is 1. The first-order chi connectivity index (χ1) is 18.0. The van der Waals surface area contributed by atoms with Gasteiger partial charge >= 0.3 is 0 Å². The van der Waals surface area contributed by atoms with Gasteiger partial charge in [0, 0.05) is 11.4 Å². The number of nitrogens with zero attached hydrogens (tertiary/aromatic N) is 3. The van der Waals surface area contributed by atoms with E-state index in [2.05, 4.69) is 24.0 Å². The lowest BCUT2D eigenvalue weighted by molar-refractivity contribution is 0.0970. The van der Waals surface area contributed by atoms with Crippen LogP contribution in [-0.2, 0) is 6.42 Å². The summed E-state index contributed by atoms with van der Waals surface area (Å²) in [6.07, 6.45) is 3.56. The van der Waals surface area contributed by atoms with Gasteiger partial charge in [-0.15, -0.1) is 10.2 Å². The number of hydrogen-bond donors (Lipinski definition) is 0. The SMILES string of the molecule is CCCCOc1ccc(C2c3c(oc4ccc(Cl)cc4c3=O)C(=O)N2c2nnc(CCC)s2)cc1OC. The standard InChI is InChI=1S/C27H26ClN3O5S/c1-4-6-12-35-19-10-8-15(13-20(19)34-3)23-22-24(32)17-14-16(28)9-11-18(17)36-25(22)26(33)31(23)27-30-29-21(37-27)7-5-2/h8-11,13-14,23H,4-7,12H2,1-3H3. The van der Waals surface area contributed by atoms with Crippen LogP contribution < -0.4 is 19.8 Å². The summed E-state index contributed by atoms with van der Waals surface area (Å²) in [6.45, 7) is 4.70. The first kappa shape index (κ1) is 25.2. The lowest BCUT2D eigenvalue weighted by atomic mass is 9.98. The molecular weight excluding hydrogens is 514 g/mol. The van der Waals surface area contributed by atoms with Gasteiger partial charge < -0.3 is 13.9 Å². The minimum atomic E-state index is -0.789. The summed E-state index contributed by atoms with van der Waals surface area (Å²) in [7, 11) is 1.56. The molecule has 0 bridgehead atoms. The molecular formula is C27H26ClN3O5S. The summed E-state index contributed by atoms with van der Waals surface area (Å²) in [5.74, 6) is 0.635. The van der Waals surface area contributed by atoms with Crippen molar-refractivity contribution in [1.82, 2.24) is 10.2 Å². The molecule has 1 amide bonds. The third-order valence-corrected chi connectivity index (χ3v) is 7.43. The van der Waals surface area contributed by atoms with E-state index in [0.717, 1.165) is 30.7 Å². The third-order valence-electron chi connectivity index (χ3n) is 6.22. The zero-order chi connectivity index (χ0) is 26.1. The Kier molecular flexibility index (Phi) is 7.17. The molecule has 0 fully saturated rings. The molecule has 1 aliphatic rings. The maximum Gasteiger partial charge on any atom is 0.297 e. The number of aryl methyl sites for hydroxylation is 1. The van der Waals surface area contributed by atoms with E-state index in [9.17, 15) is 9.59 Å². The average Bonchev–Trinajstić information content (AvgIpc) is 3.47. The van der Waals surface area contributed by atoms with E-state index < -0.39 is 11.9 Å². The maximum absolute atomic E-state index is 13.8. The van der Waals surface area contributed by atoms with Gasteiger partial charge in [0.05, 0.1) is 30.7 Å². The van der Waals surface area contributed by atoms with Gasteiger partial charge in [0.15, 0.2) is 16.9 Å². The molecule has 0 saturated carbocycles. The number of unbranched alkanes of at least 4 members (excludes halogenated alkanes) is 1. The molecule has 2 aromatic carbocycles.